The molecule has 1 saturated carbocycles. The van der Waals surface area contributed by atoms with Crippen LogP contribution in [-0.2, 0) is 9.84 Å². The molecule has 0 spiro atoms. The largest absolute Gasteiger partial charge is 0.504 e. The topological polar surface area (TPSA) is 95.5 Å². The van der Waals surface area contributed by atoms with Gasteiger partial charge >= 0.3 is 6.03 Å². The van der Waals surface area contributed by atoms with Crippen molar-refractivity contribution in [2.75, 3.05) is 5.32 Å². The van der Waals surface area contributed by atoms with E-state index in [4.69, 9.17) is 11.6 Å². The van der Waals surface area contributed by atoms with E-state index in [0.717, 1.165) is 18.4 Å². The molecule has 3 N–H and O–H groups in total. The molecule has 0 aliphatic heterocycles. The van der Waals surface area contributed by atoms with E-state index in [1.165, 1.54) is 12.1 Å². The number of hydrogen-bond acceptors (Lipinski definition) is 4. The fourth-order valence-electron chi connectivity index (χ4n) is 3.50. The van der Waals surface area contributed by atoms with Crippen LogP contribution in [0, 0.1) is 5.92 Å². The smallest absolute Gasteiger partial charge is 0.319 e. The second-order valence-corrected chi connectivity index (χ2v) is 9.75. The minimum Gasteiger partial charge on any atom is -0.504 e. The van der Waals surface area contributed by atoms with Crippen molar-refractivity contribution in [2.45, 2.75) is 55.2 Å². The lowest BCUT2D eigenvalue weighted by atomic mass is 9.85. The SMILES string of the molecule is CC1=CCC[C@H]1NC(=O)Nc1ccc(Cl)c(S(=O)(=O)C2CC(C(F)F)C2)c1O. The Morgan fingerprint density at radius 2 is 2.00 bits per heavy atom. The molecule has 0 saturated heterocycles. The van der Waals surface area contributed by atoms with Gasteiger partial charge in [0.15, 0.2) is 15.6 Å². The van der Waals surface area contributed by atoms with Gasteiger partial charge < -0.3 is 15.7 Å². The summed E-state index contributed by atoms with van der Waals surface area (Å²) in [4.78, 5) is 11.7. The number of carbonyl (C=O) groups excluding carboxylic acids is 1. The average molecular weight is 435 g/mol. The van der Waals surface area contributed by atoms with Crippen molar-refractivity contribution >= 4 is 33.2 Å². The van der Waals surface area contributed by atoms with Crippen molar-refractivity contribution in [1.29, 1.82) is 0 Å². The number of allylic oxidation sites excluding steroid dienone is 1. The molecule has 0 bridgehead atoms. The van der Waals surface area contributed by atoms with Gasteiger partial charge in [-0.15, -0.1) is 0 Å². The molecule has 3 rings (SSSR count). The van der Waals surface area contributed by atoms with Gasteiger partial charge in [0.2, 0.25) is 6.43 Å². The van der Waals surface area contributed by atoms with E-state index in [0.29, 0.717) is 0 Å². The molecule has 1 aromatic carbocycles. The van der Waals surface area contributed by atoms with Gasteiger partial charge in [0.05, 0.1) is 22.0 Å². The van der Waals surface area contributed by atoms with E-state index in [1.54, 1.807) is 0 Å². The summed E-state index contributed by atoms with van der Waals surface area (Å²) < 4.78 is 50.9. The fourth-order valence-corrected chi connectivity index (χ4v) is 6.03. The summed E-state index contributed by atoms with van der Waals surface area (Å²) in [6.07, 6.45) is 0.661. The number of urea groups is 1. The number of phenolic OH excluding ortho intramolecular Hbond substituents is 1. The van der Waals surface area contributed by atoms with Crippen LogP contribution in [0.4, 0.5) is 19.3 Å². The maximum absolute atomic E-state index is 12.8. The molecule has 0 heterocycles. The van der Waals surface area contributed by atoms with Crippen LogP contribution < -0.4 is 10.6 Å². The van der Waals surface area contributed by atoms with E-state index in [1.807, 2.05) is 13.0 Å². The zero-order valence-electron chi connectivity index (χ0n) is 15.1. The molecule has 2 aliphatic rings. The standard InChI is InChI=1S/C18H21ClF2N2O4S/c1-9-3-2-4-13(9)22-18(25)23-14-6-5-12(19)16(15(14)24)28(26,27)11-7-10(8-11)17(20)21/h3,5-6,10-11,13,17,24H,2,4,7-8H2,1H3,(H2,22,23,25)/t10?,11?,13-/m1/s1. The molecular weight excluding hydrogens is 414 g/mol. The molecule has 0 unspecified atom stereocenters. The average Bonchev–Trinajstić information content (AvgIpc) is 2.92. The Morgan fingerprint density at radius 1 is 1.32 bits per heavy atom. The highest BCUT2D eigenvalue weighted by Gasteiger charge is 2.45. The van der Waals surface area contributed by atoms with Gasteiger partial charge in [-0.2, -0.15) is 0 Å². The lowest BCUT2D eigenvalue weighted by Crippen LogP contribution is -2.39. The Hall–Kier alpha value is -1.87. The first-order valence-electron chi connectivity index (χ1n) is 8.89. The maximum Gasteiger partial charge on any atom is 0.319 e. The summed E-state index contributed by atoms with van der Waals surface area (Å²) in [6, 6.07) is 1.81. The highest BCUT2D eigenvalue weighted by atomic mass is 35.5. The Kier molecular flexibility index (Phi) is 5.86. The zero-order valence-corrected chi connectivity index (χ0v) is 16.7. The quantitative estimate of drug-likeness (QED) is 0.480. The van der Waals surface area contributed by atoms with Crippen molar-refractivity contribution in [3.05, 3.63) is 28.8 Å². The number of benzene rings is 1. The Labute approximate surface area is 166 Å². The van der Waals surface area contributed by atoms with Crippen LogP contribution in [0.5, 0.6) is 5.75 Å². The second-order valence-electron chi connectivity index (χ2n) is 7.18. The van der Waals surface area contributed by atoms with Crippen molar-refractivity contribution < 1.29 is 27.1 Å². The second kappa shape index (κ2) is 7.87. The molecule has 2 aliphatic carbocycles. The van der Waals surface area contributed by atoms with Crippen LogP contribution in [-0.4, -0.2) is 37.3 Å². The van der Waals surface area contributed by atoms with Crippen LogP contribution in [0.25, 0.3) is 0 Å². The number of rotatable bonds is 5. The molecule has 2 amide bonds. The van der Waals surface area contributed by atoms with Gasteiger partial charge in [0, 0.05) is 5.92 Å². The first-order valence-corrected chi connectivity index (χ1v) is 10.8. The molecular formula is C18H21ClF2N2O4S. The first kappa shape index (κ1) is 20.9. The third-order valence-electron chi connectivity index (χ3n) is 5.32. The number of phenols is 1. The summed E-state index contributed by atoms with van der Waals surface area (Å²) in [5.74, 6) is -1.67. The molecule has 0 radical (unpaired) electrons. The van der Waals surface area contributed by atoms with Gasteiger partial charge in [-0.05, 0) is 44.7 Å². The van der Waals surface area contributed by atoms with E-state index >= 15 is 0 Å². The number of halogens is 3. The maximum atomic E-state index is 12.8. The fraction of sp³-hybridized carbons (Fsp3) is 0.500. The van der Waals surface area contributed by atoms with Gasteiger partial charge in [0.25, 0.3) is 0 Å². The Morgan fingerprint density at radius 3 is 2.57 bits per heavy atom. The van der Waals surface area contributed by atoms with Crippen LogP contribution in [0.2, 0.25) is 5.02 Å². The first-order chi connectivity index (χ1) is 13.1. The number of sulfone groups is 1. The van der Waals surface area contributed by atoms with Gasteiger partial charge in [-0.3, -0.25) is 0 Å². The zero-order chi connectivity index (χ0) is 20.6. The number of alkyl halides is 2. The van der Waals surface area contributed by atoms with Crippen molar-refractivity contribution in [1.82, 2.24) is 5.32 Å². The molecule has 154 valence electrons. The van der Waals surface area contributed by atoms with Gasteiger partial charge in [-0.1, -0.05) is 23.3 Å². The third-order valence-corrected chi connectivity index (χ3v) is 7.99. The number of anilines is 1. The number of amides is 2. The minimum absolute atomic E-state index is 0.121. The monoisotopic (exact) mass is 434 g/mol. The van der Waals surface area contributed by atoms with Gasteiger partial charge in [0.1, 0.15) is 4.90 Å². The molecule has 28 heavy (non-hydrogen) atoms. The summed E-state index contributed by atoms with van der Waals surface area (Å²) in [5, 5.41) is 14.4. The lowest BCUT2D eigenvalue weighted by molar-refractivity contribution is 0.0364. The van der Waals surface area contributed by atoms with Crippen molar-refractivity contribution in [3.63, 3.8) is 0 Å². The molecule has 1 aromatic rings. The summed E-state index contributed by atoms with van der Waals surface area (Å²) in [5.41, 5.74) is 0.905. The predicted molar refractivity (Wildman–Crippen MR) is 102 cm³/mol. The number of hydrogen-bond donors (Lipinski definition) is 3. The normalized spacial score (nSPS) is 24.6. The van der Waals surface area contributed by atoms with Crippen LogP contribution >= 0.6 is 11.6 Å². The number of carbonyl (C=O) groups is 1. The van der Waals surface area contributed by atoms with Gasteiger partial charge in [-0.25, -0.2) is 22.0 Å². The number of aromatic hydroxyl groups is 1. The Balaban J connectivity index is 1.78. The van der Waals surface area contributed by atoms with E-state index in [-0.39, 0.29) is 29.6 Å². The van der Waals surface area contributed by atoms with Crippen LogP contribution in [0.3, 0.4) is 0 Å². The highest BCUT2D eigenvalue weighted by Crippen LogP contribution is 2.45. The Bertz CT molecular complexity index is 914. The number of nitrogens with one attached hydrogen (secondary N) is 2. The molecule has 6 nitrogen and oxygen atoms in total. The highest BCUT2D eigenvalue weighted by molar-refractivity contribution is 7.92. The molecule has 1 atom stereocenters. The van der Waals surface area contributed by atoms with Crippen LogP contribution in [0.1, 0.15) is 32.6 Å². The lowest BCUT2D eigenvalue weighted by Gasteiger charge is -2.34. The van der Waals surface area contributed by atoms with E-state index < -0.39 is 44.1 Å². The summed E-state index contributed by atoms with van der Waals surface area (Å²) in [7, 11) is -4.12. The minimum atomic E-state index is -4.12. The molecule has 1 fully saturated rings. The van der Waals surface area contributed by atoms with E-state index in [9.17, 15) is 27.1 Å². The van der Waals surface area contributed by atoms with Crippen molar-refractivity contribution in [3.8, 4) is 5.75 Å². The van der Waals surface area contributed by atoms with Crippen molar-refractivity contribution in [2.24, 2.45) is 5.92 Å². The third kappa shape index (κ3) is 3.96. The molecule has 10 heteroatoms. The molecule has 0 aromatic heterocycles. The van der Waals surface area contributed by atoms with E-state index in [2.05, 4.69) is 10.6 Å². The van der Waals surface area contributed by atoms with Crippen LogP contribution in [0.15, 0.2) is 28.7 Å². The summed E-state index contributed by atoms with van der Waals surface area (Å²) >= 11 is 5.98. The predicted octanol–water partition coefficient (Wildman–Crippen LogP) is 4.09. The summed E-state index contributed by atoms with van der Waals surface area (Å²) in [6.45, 7) is 1.90.